The fourth-order valence-corrected chi connectivity index (χ4v) is 3.39. The van der Waals surface area contributed by atoms with Crippen molar-refractivity contribution in [2.24, 2.45) is 0 Å². The molecule has 0 radical (unpaired) electrons. The van der Waals surface area contributed by atoms with Gasteiger partial charge in [0, 0.05) is 35.5 Å². The van der Waals surface area contributed by atoms with Crippen molar-refractivity contribution in [3.63, 3.8) is 0 Å². The summed E-state index contributed by atoms with van der Waals surface area (Å²) in [6.07, 6.45) is -4.42. The van der Waals surface area contributed by atoms with Gasteiger partial charge in [-0.25, -0.2) is 0 Å². The molecule has 0 unspecified atom stereocenters. The largest absolute Gasteiger partial charge is 0.483 e. The lowest BCUT2D eigenvalue weighted by Crippen LogP contribution is -2.42. The summed E-state index contributed by atoms with van der Waals surface area (Å²) in [5.74, 6) is -5.06. The molecular formula is C21H21F5N2O3. The molecule has 0 spiro atoms. The van der Waals surface area contributed by atoms with Crippen molar-refractivity contribution < 1.29 is 31.9 Å². The average molecular weight is 444 g/mol. The molecule has 0 saturated heterocycles. The summed E-state index contributed by atoms with van der Waals surface area (Å²) >= 11 is 0. The number of hydrogen-bond acceptors (Lipinski definition) is 4. The van der Waals surface area contributed by atoms with Gasteiger partial charge in [0.15, 0.2) is 0 Å². The molecule has 0 saturated carbocycles. The van der Waals surface area contributed by atoms with Crippen molar-refractivity contribution in [2.75, 3.05) is 13.1 Å². The Hall–Kier alpha value is -2.72. The monoisotopic (exact) mass is 444 g/mol. The smallest absolute Gasteiger partial charge is 0.458 e. The van der Waals surface area contributed by atoms with Gasteiger partial charge >= 0.3 is 12.1 Å². The summed E-state index contributed by atoms with van der Waals surface area (Å²) in [6, 6.07) is 6.61. The van der Waals surface area contributed by atoms with E-state index >= 15 is 0 Å². The number of fused-ring (bicyclic) bond motifs is 1. The maximum absolute atomic E-state index is 14.1. The van der Waals surface area contributed by atoms with Crippen molar-refractivity contribution in [3.8, 4) is 5.75 Å². The van der Waals surface area contributed by atoms with Crippen LogP contribution < -0.4 is 10.3 Å². The van der Waals surface area contributed by atoms with Crippen LogP contribution in [-0.2, 0) is 5.92 Å². The Morgan fingerprint density at radius 2 is 1.81 bits per heavy atom. The summed E-state index contributed by atoms with van der Waals surface area (Å²) in [5.41, 5.74) is -2.57. The highest BCUT2D eigenvalue weighted by Gasteiger charge is 2.59. The number of alkyl halides is 5. The fourth-order valence-electron chi connectivity index (χ4n) is 3.39. The average Bonchev–Trinajstić information content (AvgIpc) is 2.67. The summed E-state index contributed by atoms with van der Waals surface area (Å²) in [4.78, 5) is 12.6. The van der Waals surface area contributed by atoms with Crippen LogP contribution in [0.3, 0.4) is 0 Å². The van der Waals surface area contributed by atoms with Gasteiger partial charge in [0.25, 0.3) is 5.56 Å². The molecule has 0 fully saturated rings. The van der Waals surface area contributed by atoms with Crippen molar-refractivity contribution in [3.05, 3.63) is 69.6 Å². The predicted octanol–water partition coefficient (Wildman–Crippen LogP) is 4.64. The minimum Gasteiger partial charge on any atom is -0.483 e. The van der Waals surface area contributed by atoms with Crippen LogP contribution in [0.15, 0.2) is 53.0 Å². The van der Waals surface area contributed by atoms with Gasteiger partial charge in [0.1, 0.15) is 11.4 Å². The Bertz CT molecular complexity index is 1070. The molecule has 0 atom stereocenters. The van der Waals surface area contributed by atoms with Crippen molar-refractivity contribution >= 4 is 5.70 Å². The number of hydroxylamine groups is 2. The number of nitrogens with zero attached hydrogens (tertiary/aromatic N) is 2. The quantitative estimate of drug-likeness (QED) is 0.539. The van der Waals surface area contributed by atoms with E-state index in [0.717, 1.165) is 15.7 Å². The fraction of sp³-hybridized carbons (Fsp3) is 0.381. The zero-order valence-electron chi connectivity index (χ0n) is 17.0. The van der Waals surface area contributed by atoms with Gasteiger partial charge in [-0.05, 0) is 38.1 Å². The molecule has 1 N–H and O–H groups in total. The van der Waals surface area contributed by atoms with E-state index in [0.29, 0.717) is 17.7 Å². The molecule has 2 heterocycles. The number of benzene rings is 1. The number of hydrogen-bond donors (Lipinski definition) is 1. The Morgan fingerprint density at radius 1 is 1.13 bits per heavy atom. The zero-order chi connectivity index (χ0) is 23.2. The molecule has 1 aromatic heterocycles. The second kappa shape index (κ2) is 7.76. The van der Waals surface area contributed by atoms with E-state index in [9.17, 15) is 32.0 Å². The van der Waals surface area contributed by atoms with E-state index in [4.69, 9.17) is 4.74 Å². The third-order valence-electron chi connectivity index (χ3n) is 5.10. The third kappa shape index (κ3) is 4.09. The second-order valence-corrected chi connectivity index (χ2v) is 7.61. The van der Waals surface area contributed by atoms with Crippen LogP contribution in [-0.4, -0.2) is 39.7 Å². The lowest BCUT2D eigenvalue weighted by Gasteiger charge is -2.38. The summed E-state index contributed by atoms with van der Waals surface area (Å²) in [5, 5.41) is 11.0. The van der Waals surface area contributed by atoms with Gasteiger partial charge in [-0.1, -0.05) is 13.0 Å². The Labute approximate surface area is 174 Å². The first-order valence-corrected chi connectivity index (χ1v) is 9.43. The van der Waals surface area contributed by atoms with Gasteiger partial charge in [-0.15, -0.1) is 0 Å². The molecule has 0 bridgehead atoms. The van der Waals surface area contributed by atoms with Gasteiger partial charge in [0.2, 0.25) is 0 Å². The number of likely N-dealkylation sites (N-methyl/N-ethyl adjacent to an activating group) is 1. The Balaban J connectivity index is 2.36. The number of ether oxygens (including phenoxy) is 1. The molecule has 3 rings (SSSR count). The topological polar surface area (TPSA) is 54.7 Å². The normalized spacial score (nSPS) is 16.3. The number of rotatable bonds is 5. The van der Waals surface area contributed by atoms with Crippen LogP contribution in [0.4, 0.5) is 22.0 Å². The SMILES string of the molecule is CCN(O)CC1=C(n2ccccc2=O)c2cc(C(F)(F)C(F)(F)F)ccc2OC1(C)C. The van der Waals surface area contributed by atoms with Crippen LogP contribution in [0.5, 0.6) is 5.75 Å². The summed E-state index contributed by atoms with van der Waals surface area (Å²) in [7, 11) is 0. The first-order valence-electron chi connectivity index (χ1n) is 9.43. The second-order valence-electron chi connectivity index (χ2n) is 7.61. The van der Waals surface area contributed by atoms with E-state index in [1.54, 1.807) is 20.8 Å². The first kappa shape index (κ1) is 23.0. The molecule has 5 nitrogen and oxygen atoms in total. The van der Waals surface area contributed by atoms with Crippen LogP contribution in [0.1, 0.15) is 31.9 Å². The van der Waals surface area contributed by atoms with E-state index < -0.39 is 28.8 Å². The van der Waals surface area contributed by atoms with Crippen molar-refractivity contribution in [1.82, 2.24) is 9.63 Å². The van der Waals surface area contributed by atoms with Crippen LogP contribution in [0.25, 0.3) is 5.70 Å². The molecule has 1 aliphatic heterocycles. The van der Waals surface area contributed by atoms with Gasteiger partial charge in [0.05, 0.1) is 12.2 Å². The van der Waals surface area contributed by atoms with Gasteiger partial charge in [-0.3, -0.25) is 9.36 Å². The lowest BCUT2D eigenvalue weighted by atomic mass is 9.88. The Morgan fingerprint density at radius 3 is 2.39 bits per heavy atom. The standard InChI is InChI=1S/C21H21F5N2O3/c1-4-27(30)12-15-18(28-10-6-5-7-17(28)29)14-11-13(20(22,23)21(24,25)26)8-9-16(14)31-19(15,2)3/h5-11,30H,4,12H2,1-3H3. The molecular weight excluding hydrogens is 423 g/mol. The van der Waals surface area contributed by atoms with Crippen molar-refractivity contribution in [1.29, 1.82) is 0 Å². The number of pyridine rings is 1. The van der Waals surface area contributed by atoms with Gasteiger partial charge in [-0.2, -0.15) is 27.0 Å². The minimum atomic E-state index is -5.80. The molecule has 168 valence electrons. The molecule has 0 amide bonds. The Kier molecular flexibility index (Phi) is 5.74. The summed E-state index contributed by atoms with van der Waals surface area (Å²) < 4.78 is 74.0. The molecule has 1 aliphatic rings. The highest BCUT2D eigenvalue weighted by atomic mass is 19.4. The maximum Gasteiger partial charge on any atom is 0.458 e. The number of aromatic nitrogens is 1. The lowest BCUT2D eigenvalue weighted by molar-refractivity contribution is -0.289. The highest BCUT2D eigenvalue weighted by molar-refractivity contribution is 5.77. The van der Waals surface area contributed by atoms with Gasteiger partial charge < -0.3 is 9.94 Å². The molecule has 31 heavy (non-hydrogen) atoms. The predicted molar refractivity (Wildman–Crippen MR) is 103 cm³/mol. The third-order valence-corrected chi connectivity index (χ3v) is 5.10. The van der Waals surface area contributed by atoms with Crippen molar-refractivity contribution in [2.45, 2.75) is 38.5 Å². The van der Waals surface area contributed by atoms with Crippen LogP contribution in [0.2, 0.25) is 0 Å². The zero-order valence-corrected chi connectivity index (χ0v) is 17.0. The van der Waals surface area contributed by atoms with E-state index in [2.05, 4.69) is 0 Å². The summed E-state index contributed by atoms with van der Waals surface area (Å²) in [6.45, 7) is 5.05. The minimum absolute atomic E-state index is 0.0437. The van der Waals surface area contributed by atoms with E-state index in [-0.39, 0.29) is 30.1 Å². The van der Waals surface area contributed by atoms with E-state index in [1.807, 2.05) is 0 Å². The molecule has 10 heteroatoms. The molecule has 1 aromatic carbocycles. The first-order chi connectivity index (χ1) is 14.3. The van der Waals surface area contributed by atoms with E-state index in [1.165, 1.54) is 24.4 Å². The molecule has 2 aromatic rings. The van der Waals surface area contributed by atoms with Crippen LogP contribution >= 0.6 is 0 Å². The highest BCUT2D eigenvalue weighted by Crippen LogP contribution is 2.47. The maximum atomic E-state index is 14.1. The molecule has 0 aliphatic carbocycles. The van der Waals surface area contributed by atoms with Crippen LogP contribution in [0, 0.1) is 0 Å². The number of halogens is 5.